The van der Waals surface area contributed by atoms with Gasteiger partial charge in [-0.25, -0.2) is 0 Å². The first-order chi connectivity index (χ1) is 18.9. The first kappa shape index (κ1) is 28.4. The number of nitrogens with zero attached hydrogens (tertiary/aromatic N) is 5. The monoisotopic (exact) mass is 547 g/mol. The Labute approximate surface area is 238 Å². The van der Waals surface area contributed by atoms with E-state index in [0.29, 0.717) is 23.2 Å². The smallest absolute Gasteiger partial charge is 0.270 e. The van der Waals surface area contributed by atoms with Crippen molar-refractivity contribution < 1.29 is 9.59 Å². The Morgan fingerprint density at radius 3 is 2.30 bits per heavy atom. The molecule has 3 aliphatic rings. The van der Waals surface area contributed by atoms with Gasteiger partial charge in [0.2, 0.25) is 0 Å². The summed E-state index contributed by atoms with van der Waals surface area (Å²) in [5.41, 5.74) is 2.37. The minimum absolute atomic E-state index is 0.0886. The summed E-state index contributed by atoms with van der Waals surface area (Å²) in [5, 5.41) is 16.5. The number of tetrazole rings is 1. The van der Waals surface area contributed by atoms with Crippen molar-refractivity contribution in [2.45, 2.75) is 111 Å². The number of aliphatic imine (C=N–C) groups is 1. The second kappa shape index (κ2) is 10.7. The molecule has 2 saturated carbocycles. The highest BCUT2D eigenvalue weighted by molar-refractivity contribution is 6.41. The minimum Gasteiger partial charge on any atom is -0.345 e. The Morgan fingerprint density at radius 2 is 1.75 bits per heavy atom. The summed E-state index contributed by atoms with van der Waals surface area (Å²) in [6.07, 6.45) is 7.97. The molecular formula is C31H45N7O2. The Balaban J connectivity index is 1.42. The van der Waals surface area contributed by atoms with Gasteiger partial charge in [0, 0.05) is 11.5 Å². The third-order valence-electron chi connectivity index (χ3n) is 9.02. The molecule has 1 atom stereocenters. The van der Waals surface area contributed by atoms with Gasteiger partial charge in [-0.1, -0.05) is 58.9 Å². The molecule has 1 aromatic heterocycles. The van der Waals surface area contributed by atoms with Crippen LogP contribution in [0.15, 0.2) is 29.3 Å². The van der Waals surface area contributed by atoms with Gasteiger partial charge in [0.15, 0.2) is 5.82 Å². The van der Waals surface area contributed by atoms with Crippen LogP contribution in [0.2, 0.25) is 0 Å². The average Bonchev–Trinajstić information content (AvgIpc) is 3.53. The van der Waals surface area contributed by atoms with Crippen molar-refractivity contribution >= 4 is 17.5 Å². The number of nitrogens with one attached hydrogen (secondary N) is 2. The maximum atomic E-state index is 14.2. The summed E-state index contributed by atoms with van der Waals surface area (Å²) in [6.45, 7) is 14.0. The number of benzene rings is 1. The van der Waals surface area contributed by atoms with E-state index in [4.69, 9.17) is 4.99 Å². The Bertz CT molecular complexity index is 1230. The highest BCUT2D eigenvalue weighted by Crippen LogP contribution is 2.51. The zero-order chi connectivity index (χ0) is 28.7. The predicted octanol–water partition coefficient (Wildman–Crippen LogP) is 5.62. The Hall–Kier alpha value is -3.10. The minimum atomic E-state index is -0.458. The molecule has 0 saturated heterocycles. The van der Waals surface area contributed by atoms with Gasteiger partial charge in [-0.15, -0.1) is 10.2 Å². The van der Waals surface area contributed by atoms with Crippen LogP contribution in [0.3, 0.4) is 0 Å². The zero-order valence-corrected chi connectivity index (χ0v) is 25.0. The first-order valence-electron chi connectivity index (χ1n) is 14.9. The van der Waals surface area contributed by atoms with Crippen molar-refractivity contribution in [3.63, 3.8) is 0 Å². The van der Waals surface area contributed by atoms with Gasteiger partial charge in [0.05, 0.1) is 12.6 Å². The number of carbonyl (C=O) groups is 2. The van der Waals surface area contributed by atoms with Crippen LogP contribution in [0, 0.1) is 22.7 Å². The van der Waals surface area contributed by atoms with E-state index in [-0.39, 0.29) is 35.2 Å². The Morgan fingerprint density at radius 1 is 1.07 bits per heavy atom. The van der Waals surface area contributed by atoms with Crippen molar-refractivity contribution in [2.24, 2.45) is 27.7 Å². The van der Waals surface area contributed by atoms with Crippen molar-refractivity contribution in [1.82, 2.24) is 30.8 Å². The second-order valence-electron chi connectivity index (χ2n) is 14.3. The molecule has 0 radical (unpaired) electrons. The number of hydrogen-bond acceptors (Lipinski definition) is 6. The van der Waals surface area contributed by atoms with Gasteiger partial charge >= 0.3 is 0 Å². The van der Waals surface area contributed by atoms with Gasteiger partial charge in [-0.3, -0.25) is 14.6 Å². The number of hydrogen-bond donors (Lipinski definition) is 2. The van der Waals surface area contributed by atoms with E-state index >= 15 is 0 Å². The average molecular weight is 548 g/mol. The van der Waals surface area contributed by atoms with Crippen LogP contribution in [0.4, 0.5) is 0 Å². The standard InChI is InChI=1S/C31H45N7O2/c1-29(2,3)16-15-24(20-7-11-22(12-8-20)27(39)32-19-25-34-36-37-35-25)38-28(40)26(21-9-10-21)33-31(38)17-13-23(14-18-31)30(4,5)6/h7-8,11-12,21,23-24H,9-10,13-19H2,1-6H3,(H,32,39)(H,34,35,36,37)/t23?,24-,31?/m1/s1. The Kier molecular flexibility index (Phi) is 7.61. The highest BCUT2D eigenvalue weighted by Gasteiger charge is 2.54. The van der Waals surface area contributed by atoms with Crippen LogP contribution in [0.5, 0.6) is 0 Å². The fraction of sp³-hybridized carbons (Fsp3) is 0.677. The quantitative estimate of drug-likeness (QED) is 0.445. The lowest BCUT2D eigenvalue weighted by atomic mass is 9.69. The number of H-pyrrole nitrogens is 1. The fourth-order valence-corrected chi connectivity index (χ4v) is 6.38. The van der Waals surface area contributed by atoms with Crippen LogP contribution in [-0.4, -0.2) is 48.7 Å². The van der Waals surface area contributed by atoms with Crippen LogP contribution in [0.25, 0.3) is 0 Å². The largest absolute Gasteiger partial charge is 0.345 e. The topological polar surface area (TPSA) is 116 Å². The maximum Gasteiger partial charge on any atom is 0.270 e. The molecule has 40 heavy (non-hydrogen) atoms. The molecule has 9 heteroatoms. The molecule has 2 fully saturated rings. The molecule has 1 aromatic carbocycles. The third kappa shape index (κ3) is 6.13. The van der Waals surface area contributed by atoms with Crippen molar-refractivity contribution in [2.75, 3.05) is 0 Å². The molecule has 0 unspecified atom stereocenters. The lowest BCUT2D eigenvalue weighted by molar-refractivity contribution is -0.134. The first-order valence-corrected chi connectivity index (χ1v) is 14.9. The van der Waals surface area contributed by atoms with Gasteiger partial charge in [-0.2, -0.15) is 5.21 Å². The van der Waals surface area contributed by atoms with Crippen LogP contribution in [-0.2, 0) is 11.3 Å². The number of amides is 2. The van der Waals surface area contributed by atoms with Gasteiger partial charge in [0.1, 0.15) is 11.4 Å². The molecule has 1 spiro atoms. The molecule has 5 rings (SSSR count). The summed E-state index contributed by atoms with van der Waals surface area (Å²) in [4.78, 5) is 34.4. The summed E-state index contributed by atoms with van der Waals surface area (Å²) in [6, 6.07) is 7.67. The lowest BCUT2D eigenvalue weighted by Gasteiger charge is -2.48. The fourth-order valence-electron chi connectivity index (χ4n) is 6.38. The van der Waals surface area contributed by atoms with E-state index in [9.17, 15) is 9.59 Å². The normalized spacial score (nSPS) is 24.4. The van der Waals surface area contributed by atoms with E-state index < -0.39 is 5.66 Å². The summed E-state index contributed by atoms with van der Waals surface area (Å²) in [7, 11) is 0. The summed E-state index contributed by atoms with van der Waals surface area (Å²) in [5.74, 6) is 1.32. The van der Waals surface area contributed by atoms with Gasteiger partial charge in [-0.05, 0) is 85.8 Å². The van der Waals surface area contributed by atoms with Crippen molar-refractivity contribution in [3.05, 3.63) is 41.2 Å². The molecule has 2 N–H and O–H groups in total. The molecular weight excluding hydrogens is 502 g/mol. The van der Waals surface area contributed by atoms with E-state index in [0.717, 1.165) is 62.6 Å². The number of rotatable bonds is 8. The van der Waals surface area contributed by atoms with E-state index in [1.54, 1.807) is 0 Å². The summed E-state index contributed by atoms with van der Waals surface area (Å²) < 4.78 is 0. The van der Waals surface area contributed by atoms with Gasteiger partial charge < -0.3 is 10.2 Å². The number of aromatic nitrogens is 4. The maximum absolute atomic E-state index is 14.2. The van der Waals surface area contributed by atoms with E-state index in [1.165, 1.54) is 0 Å². The van der Waals surface area contributed by atoms with Crippen LogP contribution < -0.4 is 5.32 Å². The molecule has 2 aromatic rings. The van der Waals surface area contributed by atoms with Crippen molar-refractivity contribution in [1.29, 1.82) is 0 Å². The molecule has 216 valence electrons. The molecule has 0 bridgehead atoms. The number of carbonyl (C=O) groups excluding carboxylic acids is 2. The number of aromatic amines is 1. The highest BCUT2D eigenvalue weighted by atomic mass is 16.2. The zero-order valence-electron chi connectivity index (χ0n) is 25.0. The van der Waals surface area contributed by atoms with Crippen LogP contribution in [0.1, 0.15) is 121 Å². The molecule has 1 aliphatic heterocycles. The van der Waals surface area contributed by atoms with Crippen molar-refractivity contribution in [3.8, 4) is 0 Å². The molecule has 2 amide bonds. The molecule has 2 aliphatic carbocycles. The third-order valence-corrected chi connectivity index (χ3v) is 9.02. The predicted molar refractivity (Wildman–Crippen MR) is 154 cm³/mol. The lowest BCUT2D eigenvalue weighted by Crippen LogP contribution is -2.51. The van der Waals surface area contributed by atoms with E-state index in [2.05, 4.69) is 72.4 Å². The SMILES string of the molecule is CC(C)(C)CC[C@H](c1ccc(C(=O)NCc2nn[nH]n2)cc1)N1C(=O)C(C2CC2)=NC12CCC(C(C)(C)C)CC2. The van der Waals surface area contributed by atoms with Gasteiger partial charge in [0.25, 0.3) is 11.8 Å². The second-order valence-corrected chi connectivity index (χ2v) is 14.3. The van der Waals surface area contributed by atoms with Crippen LogP contribution >= 0.6 is 0 Å². The van der Waals surface area contributed by atoms with E-state index in [1.807, 2.05) is 24.3 Å². The summed E-state index contributed by atoms with van der Waals surface area (Å²) >= 11 is 0. The molecule has 9 nitrogen and oxygen atoms in total. The molecule has 2 heterocycles.